The van der Waals surface area contributed by atoms with Crippen LogP contribution in [0.25, 0.3) is 11.1 Å². The number of aliphatic hydroxyl groups excluding tert-OH is 5. The summed E-state index contributed by atoms with van der Waals surface area (Å²) in [7, 11) is -3.41. The second-order valence-corrected chi connectivity index (χ2v) is 33.1. The van der Waals surface area contributed by atoms with Crippen LogP contribution >= 0.6 is 23.2 Å². The van der Waals surface area contributed by atoms with E-state index in [9.17, 15) is 58.9 Å². The van der Waals surface area contributed by atoms with Gasteiger partial charge in [0.15, 0.2) is 11.5 Å². The maximum absolute atomic E-state index is 16.4. The van der Waals surface area contributed by atoms with Gasteiger partial charge in [0.1, 0.15) is 95.9 Å². The van der Waals surface area contributed by atoms with Crippen LogP contribution in [0.2, 0.25) is 10.0 Å². The Labute approximate surface area is 662 Å². The van der Waals surface area contributed by atoms with Crippen molar-refractivity contribution in [3.63, 3.8) is 0 Å². The molecule has 19 N–H and O–H groups in total. The first-order valence-electron chi connectivity index (χ1n) is 37.3. The fourth-order valence-electron chi connectivity index (χ4n) is 17.1. The second-order valence-electron chi connectivity index (χ2n) is 30.6. The van der Waals surface area contributed by atoms with Crippen LogP contribution in [0.3, 0.4) is 0 Å². The van der Waals surface area contributed by atoms with E-state index in [4.69, 9.17) is 52.6 Å². The maximum Gasteiger partial charge on any atom is 0.264 e. The van der Waals surface area contributed by atoms with Gasteiger partial charge in [-0.1, -0.05) is 61.3 Å². The van der Waals surface area contributed by atoms with Gasteiger partial charge in [0, 0.05) is 23.7 Å². The number of phenols is 1. The maximum atomic E-state index is 16.4. The third kappa shape index (κ3) is 15.8. The fourth-order valence-corrected chi connectivity index (χ4v) is 18.5. The number of amides is 8. The summed E-state index contributed by atoms with van der Waals surface area (Å²) in [5, 5.41) is 116. The van der Waals surface area contributed by atoms with Gasteiger partial charge < -0.3 is 113 Å². The van der Waals surface area contributed by atoms with Crippen LogP contribution in [-0.2, 0) is 58.9 Å². The second kappa shape index (κ2) is 32.1. The van der Waals surface area contributed by atoms with Gasteiger partial charge in [0.2, 0.25) is 65.1 Å². The Hall–Kier alpha value is -9.79. The third-order valence-corrected chi connectivity index (χ3v) is 24.4. The van der Waals surface area contributed by atoms with Crippen LogP contribution in [0.15, 0.2) is 108 Å². The molecule has 1 saturated heterocycles. The van der Waals surface area contributed by atoms with Gasteiger partial charge >= 0.3 is 0 Å². The number of likely N-dealkylation sites (N-methyl/N-ethyl adjacent to an activating group) is 1. The molecule has 11 aliphatic rings. The van der Waals surface area contributed by atoms with Gasteiger partial charge in [-0.2, -0.15) is 0 Å². The molecule has 15 bridgehead atoms. The quantitative estimate of drug-likeness (QED) is 0.0618. The summed E-state index contributed by atoms with van der Waals surface area (Å²) >= 11 is 14.3. The summed E-state index contributed by atoms with van der Waals surface area (Å²) in [4.78, 5) is 123. The number of aromatic hydroxyl groups is 1. The number of hydrogen-bond acceptors (Lipinski definition) is 25. The SMILES string of the molecule is CCOc1ccc(S(=O)(=O)NC(=O)CC2NC(=O)C(NC(=O)C(CC(C)C)NC)C(O)c3ccc(c(Cl)c3)Oc3cc4cc(c3OC3OC(CN)C(O)C(O)C3O)Oc3ccc(cc3Cl)C(O)C3NC(=O)C(NC(=O)C4NC2=O)c2ccc4c(c2)-c2c(cc(O)cc2C4(O)O)[C@@H](C(=O)NC2C4CC5CC(C4)CC2C5)NC3=O)cc1. The van der Waals surface area contributed by atoms with E-state index < -0.39 is 200 Å². The summed E-state index contributed by atoms with van der Waals surface area (Å²) in [5.74, 6) is -15.1. The van der Waals surface area contributed by atoms with Crippen LogP contribution in [0.1, 0.15) is 135 Å². The van der Waals surface area contributed by atoms with Gasteiger partial charge in [0.25, 0.3) is 10.0 Å². The zero-order valence-electron chi connectivity index (χ0n) is 61.7. The number of ether oxygens (including phenoxy) is 5. The highest BCUT2D eigenvalue weighted by Gasteiger charge is 2.52. The van der Waals surface area contributed by atoms with Crippen molar-refractivity contribution in [2.24, 2.45) is 35.3 Å². The lowest BCUT2D eigenvalue weighted by Crippen LogP contribution is -2.60. The first kappa shape index (κ1) is 80.8. The van der Waals surface area contributed by atoms with Crippen molar-refractivity contribution in [1.82, 2.24) is 47.3 Å². The van der Waals surface area contributed by atoms with E-state index in [1.165, 1.54) is 61.6 Å². The smallest absolute Gasteiger partial charge is 0.264 e. The lowest BCUT2D eigenvalue weighted by molar-refractivity contribution is -0.270. The molecule has 6 aromatic rings. The number of fused-ring (bicyclic) bond motifs is 12. The Balaban J connectivity index is 0.961. The molecule has 5 aliphatic carbocycles. The monoisotopic (exact) mass is 1630 g/mol. The van der Waals surface area contributed by atoms with Gasteiger partial charge in [-0.15, -0.1) is 0 Å². The minimum absolute atomic E-state index is 0.0744. The van der Waals surface area contributed by atoms with Gasteiger partial charge in [-0.05, 0) is 200 Å². The predicted octanol–water partition coefficient (Wildman–Crippen LogP) is 2.20. The molecule has 13 unspecified atom stereocenters. The molecule has 114 heavy (non-hydrogen) atoms. The van der Waals surface area contributed by atoms with Crippen LogP contribution in [0.4, 0.5) is 0 Å². The first-order chi connectivity index (χ1) is 54.2. The Bertz CT molecular complexity index is 4930. The molecule has 14 atom stereocenters. The van der Waals surface area contributed by atoms with Crippen molar-refractivity contribution in [2.75, 3.05) is 20.2 Å². The number of rotatable bonds is 16. The summed E-state index contributed by atoms with van der Waals surface area (Å²) < 4.78 is 61.1. The lowest BCUT2D eigenvalue weighted by atomic mass is 9.54. The van der Waals surface area contributed by atoms with Crippen LogP contribution in [0, 0.1) is 29.6 Å². The number of aliphatic hydroxyl groups is 7. The van der Waals surface area contributed by atoms with Crippen LogP contribution < -0.4 is 71.9 Å². The van der Waals surface area contributed by atoms with E-state index in [0.717, 1.165) is 80.6 Å². The molecule has 6 aromatic carbocycles. The van der Waals surface area contributed by atoms with E-state index in [1.54, 1.807) is 6.92 Å². The Kier molecular flexibility index (Phi) is 22.8. The lowest BCUT2D eigenvalue weighted by Gasteiger charge is -2.54. The van der Waals surface area contributed by atoms with E-state index in [-0.39, 0.29) is 104 Å². The van der Waals surface area contributed by atoms with Crippen molar-refractivity contribution in [3.8, 4) is 51.4 Å². The zero-order valence-corrected chi connectivity index (χ0v) is 64.0. The average Bonchev–Trinajstić information content (AvgIpc) is 1.56. The van der Waals surface area contributed by atoms with E-state index in [1.807, 2.05) is 18.6 Å². The molecular weight excluding hydrogens is 1550 g/mol. The number of carbonyl (C=O) groups is 8. The highest BCUT2D eigenvalue weighted by Crippen LogP contribution is 2.56. The summed E-state index contributed by atoms with van der Waals surface area (Å²) in [6.07, 6.45) is -10.5. The molecule has 5 fully saturated rings. The minimum atomic E-state index is -4.87. The van der Waals surface area contributed by atoms with E-state index in [2.05, 4.69) is 42.5 Å². The van der Waals surface area contributed by atoms with Crippen LogP contribution in [0.5, 0.6) is 40.2 Å². The Morgan fingerprint density at radius 2 is 1.26 bits per heavy atom. The number of nitrogens with one attached hydrogen (secondary N) is 9. The fraction of sp³-hybridized carbons (Fsp3) is 0.436. The van der Waals surface area contributed by atoms with Crippen molar-refractivity contribution < 1.29 is 111 Å². The summed E-state index contributed by atoms with van der Waals surface area (Å²) in [5.41, 5.74) is 3.76. The third-order valence-electron chi connectivity index (χ3n) is 22.5. The van der Waals surface area contributed by atoms with Crippen molar-refractivity contribution in [3.05, 3.63) is 152 Å². The molecule has 8 amide bonds. The molecule has 0 radical (unpaired) electrons. The van der Waals surface area contributed by atoms with Crippen molar-refractivity contribution in [1.29, 1.82) is 0 Å². The molecule has 6 heterocycles. The Morgan fingerprint density at radius 1 is 0.658 bits per heavy atom. The summed E-state index contributed by atoms with van der Waals surface area (Å²) in [6, 6.07) is 5.12. The summed E-state index contributed by atoms with van der Waals surface area (Å²) in [6.45, 7) is 5.04. The number of sulfonamides is 1. The number of benzene rings is 6. The minimum Gasteiger partial charge on any atom is -0.508 e. The molecule has 17 rings (SSSR count). The molecule has 6 aliphatic heterocycles. The van der Waals surface area contributed by atoms with Gasteiger partial charge in [0.05, 0.1) is 34.0 Å². The topological polar surface area (TPSA) is 513 Å². The van der Waals surface area contributed by atoms with Crippen molar-refractivity contribution >= 4 is 80.5 Å². The zero-order chi connectivity index (χ0) is 81.4. The predicted molar refractivity (Wildman–Crippen MR) is 402 cm³/mol. The largest absolute Gasteiger partial charge is 0.508 e. The Morgan fingerprint density at radius 3 is 1.87 bits per heavy atom. The number of nitrogens with two attached hydrogens (primary N) is 1. The molecule has 0 spiro atoms. The van der Waals surface area contributed by atoms with Crippen LogP contribution in [-0.4, -0.2) is 178 Å². The normalized spacial score (nSPS) is 29.0. The number of halogens is 2. The molecule has 36 heteroatoms. The van der Waals surface area contributed by atoms with Gasteiger partial charge in [-0.3, -0.25) is 38.4 Å². The molecule has 4 saturated carbocycles. The number of carbonyl (C=O) groups excluding carboxylic acids is 8. The van der Waals surface area contributed by atoms with Crippen molar-refractivity contribution in [2.45, 2.75) is 168 Å². The first-order valence-corrected chi connectivity index (χ1v) is 39.5. The highest BCUT2D eigenvalue weighted by atomic mass is 35.5. The molecule has 0 aromatic heterocycles. The molecular formula is C78H86Cl2N10O23S. The number of phenolic OH excluding ortho intramolecular Hbond substituents is 1. The number of hydrogen-bond donors (Lipinski definition) is 18. The van der Waals surface area contributed by atoms with E-state index in [0.29, 0.717) is 11.8 Å². The van der Waals surface area contributed by atoms with E-state index >= 15 is 28.8 Å². The molecule has 33 nitrogen and oxygen atoms in total. The molecule has 606 valence electrons. The highest BCUT2D eigenvalue weighted by molar-refractivity contribution is 7.90. The standard InChI is InChI=1S/C78H86Cl2N10O23S/c1-5-109-41-9-11-42(12-10-41)114(107,108)90-56(92)29-50-71(99)85-60-39-25-53(110-51-14-7-35(23-47(51)79)64(93)62(75(103)83-50)88-70(98)49(82-4)16-31(2)3)69(113-77-68(97)67(96)66(95)55(30-81)112-77)54(26-39)111-52-15-8-36(24-48(52)80)65(94)63-76(104)87-61(74(102)84-58-37-18-32-17-33(20-37)21-38(58)19-32)44-27-40(91)28-46-57(44)43-22-34(6-13-45(43)78(46,105)106)59(72(100)89-63)86-73(60)101/h6-15,22-28,31-33,37-38,49-50,55,58-68,77,82,91,93-97,105-106H,5,16-21,29-30,81H2,1-4H3,(H,83,103)(H,84,102)(H,85,99)(H,86,101)(H,87,104)(H,88,98)(H,89,100)(H,90,92)/t32?,33?,37?,38?,49?,50?,55?,58?,59?,60?,61-,62?,63?,64?,65?,66?,67?,68?,77?/m0/s1. The van der Waals surface area contributed by atoms with Gasteiger partial charge in [-0.25, -0.2) is 13.1 Å². The average molecular weight is 1630 g/mol.